The molecular formula is C10H15NO3. The van der Waals surface area contributed by atoms with Crippen LogP contribution in [0, 0.1) is 0 Å². The molecule has 0 amide bonds. The van der Waals surface area contributed by atoms with Crippen LogP contribution in [0.5, 0.6) is 0 Å². The third-order valence-electron chi connectivity index (χ3n) is 2.21. The van der Waals surface area contributed by atoms with Gasteiger partial charge in [0, 0.05) is 0 Å². The molecule has 4 nitrogen and oxygen atoms in total. The highest BCUT2D eigenvalue weighted by Crippen LogP contribution is 2.22. The molecule has 0 aliphatic heterocycles. The number of carboxylic acids is 1. The summed E-state index contributed by atoms with van der Waals surface area (Å²) in [7, 11) is 0. The van der Waals surface area contributed by atoms with Gasteiger partial charge in [-0.25, -0.2) is 0 Å². The van der Waals surface area contributed by atoms with E-state index in [2.05, 4.69) is 0 Å². The Bertz CT molecular complexity index is 292. The molecule has 0 aromatic heterocycles. The van der Waals surface area contributed by atoms with E-state index >= 15 is 0 Å². The minimum atomic E-state index is -1.00. The van der Waals surface area contributed by atoms with Gasteiger partial charge in [0.05, 0.1) is 5.60 Å². The monoisotopic (exact) mass is 197 g/mol. The standard InChI is InChI=1S/C10H15NO3/c1-10(14)4-2-7(3-5-10)6-8(11)9(12)13/h2-4,8,14H,5-6,11H2,1H3,(H,12,13)/t8-,10?/m0/s1. The fraction of sp³-hybridized carbons (Fsp3) is 0.500. The first-order valence-corrected chi connectivity index (χ1v) is 4.50. The predicted octanol–water partition coefficient (Wildman–Crippen LogP) is 0.426. The summed E-state index contributed by atoms with van der Waals surface area (Å²) in [5.41, 5.74) is 5.44. The first kappa shape index (κ1) is 10.9. The fourth-order valence-corrected chi connectivity index (χ4v) is 1.25. The van der Waals surface area contributed by atoms with Crippen molar-refractivity contribution in [1.29, 1.82) is 0 Å². The van der Waals surface area contributed by atoms with Gasteiger partial charge in [-0.15, -0.1) is 0 Å². The summed E-state index contributed by atoms with van der Waals surface area (Å²) in [4.78, 5) is 10.5. The SMILES string of the molecule is CC1(O)C=CC(C[C@H](N)C(=O)O)=CC1. The Balaban J connectivity index is 2.54. The van der Waals surface area contributed by atoms with E-state index in [1.165, 1.54) is 0 Å². The Kier molecular flexibility index (Phi) is 3.08. The van der Waals surface area contributed by atoms with Crippen molar-refractivity contribution in [2.45, 2.75) is 31.4 Å². The maximum Gasteiger partial charge on any atom is 0.320 e. The minimum absolute atomic E-state index is 0.307. The van der Waals surface area contributed by atoms with Crippen molar-refractivity contribution in [3.8, 4) is 0 Å². The summed E-state index contributed by atoms with van der Waals surface area (Å²) in [6.45, 7) is 1.70. The molecule has 0 saturated carbocycles. The van der Waals surface area contributed by atoms with Crippen molar-refractivity contribution in [1.82, 2.24) is 0 Å². The summed E-state index contributed by atoms with van der Waals surface area (Å²) >= 11 is 0. The number of allylic oxidation sites excluding steroid dienone is 1. The lowest BCUT2D eigenvalue weighted by Gasteiger charge is -2.21. The Hall–Kier alpha value is -1.13. The lowest BCUT2D eigenvalue weighted by Crippen LogP contribution is -2.31. The smallest absolute Gasteiger partial charge is 0.320 e. The number of aliphatic carboxylic acids is 1. The number of aliphatic hydroxyl groups is 1. The van der Waals surface area contributed by atoms with Crippen LogP contribution in [-0.4, -0.2) is 27.8 Å². The molecule has 1 aliphatic rings. The molecule has 14 heavy (non-hydrogen) atoms. The lowest BCUT2D eigenvalue weighted by molar-refractivity contribution is -0.138. The summed E-state index contributed by atoms with van der Waals surface area (Å²) in [5.74, 6) is -1.00. The molecule has 0 saturated heterocycles. The first-order chi connectivity index (χ1) is 6.41. The molecule has 1 aliphatic carbocycles. The number of hydrogen-bond donors (Lipinski definition) is 3. The van der Waals surface area contributed by atoms with Crippen molar-refractivity contribution in [3.05, 3.63) is 23.8 Å². The normalized spacial score (nSPS) is 28.4. The Morgan fingerprint density at radius 2 is 2.43 bits per heavy atom. The van der Waals surface area contributed by atoms with E-state index in [9.17, 15) is 9.90 Å². The molecule has 1 rings (SSSR count). The fourth-order valence-electron chi connectivity index (χ4n) is 1.25. The lowest BCUT2D eigenvalue weighted by atomic mass is 9.91. The van der Waals surface area contributed by atoms with Crippen molar-refractivity contribution in [2.24, 2.45) is 5.73 Å². The number of nitrogens with two attached hydrogens (primary N) is 1. The maximum atomic E-state index is 10.5. The Morgan fingerprint density at radius 1 is 1.79 bits per heavy atom. The molecule has 4 N–H and O–H groups in total. The maximum absolute atomic E-state index is 10.5. The highest BCUT2D eigenvalue weighted by molar-refractivity contribution is 5.73. The Morgan fingerprint density at radius 3 is 2.86 bits per heavy atom. The largest absolute Gasteiger partial charge is 0.480 e. The molecule has 0 aromatic rings. The molecule has 78 valence electrons. The van der Waals surface area contributed by atoms with E-state index in [0.717, 1.165) is 5.57 Å². The number of carbonyl (C=O) groups is 1. The molecular weight excluding hydrogens is 182 g/mol. The molecule has 0 bridgehead atoms. The highest BCUT2D eigenvalue weighted by Gasteiger charge is 2.20. The van der Waals surface area contributed by atoms with Crippen LogP contribution < -0.4 is 5.73 Å². The van der Waals surface area contributed by atoms with Gasteiger partial charge in [0.15, 0.2) is 0 Å². The van der Waals surface area contributed by atoms with Crippen molar-refractivity contribution < 1.29 is 15.0 Å². The molecule has 0 fully saturated rings. The summed E-state index contributed by atoms with van der Waals surface area (Å²) in [6, 6.07) is -0.867. The third kappa shape index (κ3) is 2.97. The van der Waals surface area contributed by atoms with Gasteiger partial charge in [-0.3, -0.25) is 4.79 Å². The van der Waals surface area contributed by atoms with Gasteiger partial charge >= 0.3 is 5.97 Å². The number of hydrogen-bond acceptors (Lipinski definition) is 3. The van der Waals surface area contributed by atoms with Crippen molar-refractivity contribution in [3.63, 3.8) is 0 Å². The molecule has 0 aromatic carbocycles. The van der Waals surface area contributed by atoms with Gasteiger partial charge in [0.2, 0.25) is 0 Å². The summed E-state index contributed by atoms with van der Waals surface area (Å²) in [6.07, 6.45) is 6.03. The molecule has 0 spiro atoms. The zero-order valence-corrected chi connectivity index (χ0v) is 8.10. The van der Waals surface area contributed by atoms with E-state index in [0.29, 0.717) is 12.8 Å². The zero-order chi connectivity index (χ0) is 10.8. The van der Waals surface area contributed by atoms with Crippen molar-refractivity contribution in [2.75, 3.05) is 0 Å². The second kappa shape index (κ2) is 3.94. The van der Waals surface area contributed by atoms with E-state index in [4.69, 9.17) is 10.8 Å². The quantitative estimate of drug-likeness (QED) is 0.612. The van der Waals surface area contributed by atoms with E-state index in [1.54, 1.807) is 19.1 Å². The topological polar surface area (TPSA) is 83.5 Å². The minimum Gasteiger partial charge on any atom is -0.480 e. The summed E-state index contributed by atoms with van der Waals surface area (Å²) < 4.78 is 0. The molecule has 2 atom stereocenters. The molecule has 0 heterocycles. The molecule has 0 radical (unpaired) electrons. The Labute approximate surface area is 82.7 Å². The molecule has 4 heteroatoms. The van der Waals surface area contributed by atoms with Crippen LogP contribution in [0.4, 0.5) is 0 Å². The van der Waals surface area contributed by atoms with E-state index in [1.807, 2.05) is 6.08 Å². The van der Waals surface area contributed by atoms with Crippen LogP contribution in [0.15, 0.2) is 23.8 Å². The molecule has 1 unspecified atom stereocenters. The average molecular weight is 197 g/mol. The van der Waals surface area contributed by atoms with Crippen molar-refractivity contribution >= 4 is 5.97 Å². The van der Waals surface area contributed by atoms with Gasteiger partial charge in [-0.05, 0) is 25.3 Å². The van der Waals surface area contributed by atoms with E-state index < -0.39 is 17.6 Å². The van der Waals surface area contributed by atoms with Gasteiger partial charge in [0.1, 0.15) is 6.04 Å². The first-order valence-electron chi connectivity index (χ1n) is 4.50. The number of rotatable bonds is 3. The van der Waals surface area contributed by atoms with Gasteiger partial charge in [-0.2, -0.15) is 0 Å². The van der Waals surface area contributed by atoms with E-state index in [-0.39, 0.29) is 0 Å². The van der Waals surface area contributed by atoms with Crippen LogP contribution in [0.1, 0.15) is 19.8 Å². The van der Waals surface area contributed by atoms with Gasteiger partial charge in [-0.1, -0.05) is 18.2 Å². The second-order valence-corrected chi connectivity index (χ2v) is 3.82. The van der Waals surface area contributed by atoms with Gasteiger partial charge < -0.3 is 15.9 Å². The second-order valence-electron chi connectivity index (χ2n) is 3.82. The van der Waals surface area contributed by atoms with Crippen LogP contribution >= 0.6 is 0 Å². The predicted molar refractivity (Wildman–Crippen MR) is 52.7 cm³/mol. The van der Waals surface area contributed by atoms with Gasteiger partial charge in [0.25, 0.3) is 0 Å². The highest BCUT2D eigenvalue weighted by atomic mass is 16.4. The van der Waals surface area contributed by atoms with Crippen LogP contribution in [0.3, 0.4) is 0 Å². The average Bonchev–Trinajstić information content (AvgIpc) is 2.08. The van der Waals surface area contributed by atoms with Crippen LogP contribution in [0.2, 0.25) is 0 Å². The zero-order valence-electron chi connectivity index (χ0n) is 8.10. The van der Waals surface area contributed by atoms with Crippen LogP contribution in [0.25, 0.3) is 0 Å². The van der Waals surface area contributed by atoms with Crippen LogP contribution in [-0.2, 0) is 4.79 Å². The third-order valence-corrected chi connectivity index (χ3v) is 2.21. The number of carboxylic acid groups (broad SMARTS) is 1. The summed E-state index contributed by atoms with van der Waals surface area (Å²) in [5, 5.41) is 18.1.